The molecule has 2 aliphatic heterocycles. The summed E-state index contributed by atoms with van der Waals surface area (Å²) >= 11 is 0. The van der Waals surface area contributed by atoms with Crippen molar-refractivity contribution in [3.8, 4) is 0 Å². The predicted octanol–water partition coefficient (Wildman–Crippen LogP) is 1.31. The second-order valence-corrected chi connectivity index (χ2v) is 4.75. The molecule has 0 amide bonds. The van der Waals surface area contributed by atoms with E-state index < -0.39 is 0 Å². The molecule has 0 saturated carbocycles. The van der Waals surface area contributed by atoms with E-state index in [1.165, 1.54) is 0 Å². The van der Waals surface area contributed by atoms with Crippen molar-refractivity contribution >= 4 is 5.69 Å². The zero-order chi connectivity index (χ0) is 11.8. The van der Waals surface area contributed by atoms with Crippen LogP contribution in [0.5, 0.6) is 0 Å². The van der Waals surface area contributed by atoms with Crippen molar-refractivity contribution in [3.63, 3.8) is 0 Å². The van der Waals surface area contributed by atoms with Crippen molar-refractivity contribution in [1.82, 2.24) is 5.32 Å². The number of hydrogen-bond acceptors (Lipinski definition) is 3. The van der Waals surface area contributed by atoms with Gasteiger partial charge in [-0.25, -0.2) is 4.39 Å². The van der Waals surface area contributed by atoms with E-state index in [0.717, 1.165) is 49.4 Å². The van der Waals surface area contributed by atoms with Crippen LogP contribution in [0.4, 0.5) is 10.1 Å². The first-order valence-corrected chi connectivity index (χ1v) is 6.07. The van der Waals surface area contributed by atoms with Gasteiger partial charge in [-0.15, -0.1) is 0 Å². The van der Waals surface area contributed by atoms with Gasteiger partial charge in [-0.2, -0.15) is 0 Å². The maximum absolute atomic E-state index is 13.9. The Morgan fingerprint density at radius 1 is 1.41 bits per heavy atom. The molecule has 92 valence electrons. The number of nitrogens with one attached hydrogen (secondary N) is 1. The molecule has 2 heterocycles. The largest absolute Gasteiger partial charge is 0.378 e. The van der Waals surface area contributed by atoms with Crippen molar-refractivity contribution < 1.29 is 9.13 Å². The highest BCUT2D eigenvalue weighted by atomic mass is 19.1. The quantitative estimate of drug-likeness (QED) is 0.838. The van der Waals surface area contributed by atoms with E-state index in [0.29, 0.717) is 6.10 Å². The lowest BCUT2D eigenvalue weighted by Gasteiger charge is -2.40. The highest BCUT2D eigenvalue weighted by molar-refractivity contribution is 5.54. The lowest BCUT2D eigenvalue weighted by molar-refractivity contribution is 0.0787. The third-order valence-electron chi connectivity index (χ3n) is 3.69. The molecule has 3 nitrogen and oxygen atoms in total. The topological polar surface area (TPSA) is 24.5 Å². The van der Waals surface area contributed by atoms with Gasteiger partial charge in [0.1, 0.15) is 5.82 Å². The van der Waals surface area contributed by atoms with Gasteiger partial charge in [-0.1, -0.05) is 0 Å². The highest BCUT2D eigenvalue weighted by Crippen LogP contribution is 2.28. The first-order chi connectivity index (χ1) is 8.28. The van der Waals surface area contributed by atoms with Crippen LogP contribution >= 0.6 is 0 Å². The van der Waals surface area contributed by atoms with Crippen molar-refractivity contribution in [2.75, 3.05) is 31.6 Å². The molecule has 1 aromatic rings. The van der Waals surface area contributed by atoms with Crippen LogP contribution in [0.25, 0.3) is 0 Å². The zero-order valence-electron chi connectivity index (χ0n) is 10.0. The molecule has 0 unspecified atom stereocenters. The Labute approximate surface area is 101 Å². The van der Waals surface area contributed by atoms with E-state index in [9.17, 15) is 4.39 Å². The Balaban J connectivity index is 1.84. The van der Waals surface area contributed by atoms with Crippen LogP contribution in [0.15, 0.2) is 12.1 Å². The molecule has 4 heteroatoms. The monoisotopic (exact) mass is 236 g/mol. The summed E-state index contributed by atoms with van der Waals surface area (Å²) in [5.74, 6) is -0.0557. The SMILES string of the molecule is COC1CN(c2cc(F)c3c(c2)CNCC3)C1. The lowest BCUT2D eigenvalue weighted by Crippen LogP contribution is -2.52. The molecule has 2 aliphatic rings. The smallest absolute Gasteiger partial charge is 0.128 e. The van der Waals surface area contributed by atoms with Crippen LogP contribution in [0.1, 0.15) is 11.1 Å². The van der Waals surface area contributed by atoms with Gasteiger partial charge in [-0.05, 0) is 36.2 Å². The van der Waals surface area contributed by atoms with Crippen molar-refractivity contribution in [1.29, 1.82) is 0 Å². The minimum Gasteiger partial charge on any atom is -0.378 e. The number of rotatable bonds is 2. The Bertz CT molecular complexity index is 430. The zero-order valence-corrected chi connectivity index (χ0v) is 10.0. The maximum Gasteiger partial charge on any atom is 0.128 e. The average molecular weight is 236 g/mol. The number of anilines is 1. The number of halogens is 1. The third kappa shape index (κ3) is 1.91. The van der Waals surface area contributed by atoms with Crippen LogP contribution in [0.3, 0.4) is 0 Å². The van der Waals surface area contributed by atoms with Gasteiger partial charge in [0.2, 0.25) is 0 Å². The molecule has 1 saturated heterocycles. The standard InChI is InChI=1S/C13H17FN2O/c1-17-11-7-16(8-11)10-4-9-6-15-3-2-12(9)13(14)5-10/h4-5,11,15H,2-3,6-8H2,1H3. The number of fused-ring (bicyclic) bond motifs is 1. The summed E-state index contributed by atoms with van der Waals surface area (Å²) in [6.45, 7) is 3.38. The molecule has 3 rings (SSSR count). The van der Waals surface area contributed by atoms with Crippen molar-refractivity contribution in [2.24, 2.45) is 0 Å². The van der Waals surface area contributed by atoms with Crippen LogP contribution < -0.4 is 10.2 Å². The number of hydrogen-bond donors (Lipinski definition) is 1. The molecular weight excluding hydrogens is 219 g/mol. The number of benzene rings is 1. The van der Waals surface area contributed by atoms with Crippen LogP contribution in [-0.2, 0) is 17.7 Å². The third-order valence-corrected chi connectivity index (χ3v) is 3.69. The summed E-state index contributed by atoms with van der Waals surface area (Å²) in [5.41, 5.74) is 2.97. The van der Waals surface area contributed by atoms with Gasteiger partial charge < -0.3 is 15.0 Å². The molecule has 0 aromatic heterocycles. The lowest BCUT2D eigenvalue weighted by atomic mass is 9.98. The molecule has 0 atom stereocenters. The summed E-state index contributed by atoms with van der Waals surface area (Å²) < 4.78 is 19.2. The Hall–Kier alpha value is -1.13. The summed E-state index contributed by atoms with van der Waals surface area (Å²) in [6.07, 6.45) is 1.09. The normalized spacial score (nSPS) is 20.0. The highest BCUT2D eigenvalue weighted by Gasteiger charge is 2.28. The minimum atomic E-state index is -0.0557. The van der Waals surface area contributed by atoms with Gasteiger partial charge in [0.05, 0.1) is 6.10 Å². The Kier molecular flexibility index (Phi) is 2.76. The molecular formula is C13H17FN2O. The van der Waals surface area contributed by atoms with Crippen molar-refractivity contribution in [2.45, 2.75) is 19.1 Å². The second-order valence-electron chi connectivity index (χ2n) is 4.75. The number of methoxy groups -OCH3 is 1. The first kappa shape index (κ1) is 11.0. The van der Waals surface area contributed by atoms with Gasteiger partial charge in [0.25, 0.3) is 0 Å². The van der Waals surface area contributed by atoms with Gasteiger partial charge in [0, 0.05) is 32.4 Å². The van der Waals surface area contributed by atoms with Crippen LogP contribution in [-0.4, -0.2) is 32.8 Å². The summed E-state index contributed by atoms with van der Waals surface area (Å²) in [5, 5.41) is 3.28. The summed E-state index contributed by atoms with van der Waals surface area (Å²) in [7, 11) is 1.72. The molecule has 1 N–H and O–H groups in total. The van der Waals surface area contributed by atoms with Gasteiger partial charge in [0.15, 0.2) is 0 Å². The van der Waals surface area contributed by atoms with E-state index in [1.807, 2.05) is 0 Å². The fraction of sp³-hybridized carbons (Fsp3) is 0.538. The maximum atomic E-state index is 13.9. The second kappa shape index (κ2) is 4.27. The van der Waals surface area contributed by atoms with E-state index >= 15 is 0 Å². The summed E-state index contributed by atoms with van der Waals surface area (Å²) in [6, 6.07) is 3.77. The fourth-order valence-electron chi connectivity index (χ4n) is 2.53. The Morgan fingerprint density at radius 3 is 3.00 bits per heavy atom. The summed E-state index contributed by atoms with van der Waals surface area (Å²) in [4.78, 5) is 2.16. The molecule has 1 fully saturated rings. The van der Waals surface area contributed by atoms with E-state index in [-0.39, 0.29) is 5.82 Å². The number of nitrogens with zero attached hydrogens (tertiary/aromatic N) is 1. The van der Waals surface area contributed by atoms with Gasteiger partial charge in [-0.3, -0.25) is 0 Å². The Morgan fingerprint density at radius 2 is 2.24 bits per heavy atom. The average Bonchev–Trinajstić information content (AvgIpc) is 2.28. The first-order valence-electron chi connectivity index (χ1n) is 6.07. The molecule has 17 heavy (non-hydrogen) atoms. The predicted molar refractivity (Wildman–Crippen MR) is 64.8 cm³/mol. The fourth-order valence-corrected chi connectivity index (χ4v) is 2.53. The molecule has 0 radical (unpaired) electrons. The van der Waals surface area contributed by atoms with Crippen LogP contribution in [0.2, 0.25) is 0 Å². The van der Waals surface area contributed by atoms with E-state index in [4.69, 9.17) is 4.74 Å². The molecule has 0 bridgehead atoms. The molecule has 1 aromatic carbocycles. The van der Waals surface area contributed by atoms with E-state index in [2.05, 4.69) is 16.3 Å². The molecule has 0 aliphatic carbocycles. The number of ether oxygens (including phenoxy) is 1. The van der Waals surface area contributed by atoms with Crippen molar-refractivity contribution in [3.05, 3.63) is 29.1 Å². The van der Waals surface area contributed by atoms with E-state index in [1.54, 1.807) is 13.2 Å². The van der Waals surface area contributed by atoms with Crippen LogP contribution in [0, 0.1) is 5.82 Å². The minimum absolute atomic E-state index is 0.0557. The van der Waals surface area contributed by atoms with Gasteiger partial charge >= 0.3 is 0 Å². The molecule has 0 spiro atoms.